The maximum Gasteiger partial charge on any atom is 0.418 e. The van der Waals surface area contributed by atoms with Crippen LogP contribution in [0.5, 0.6) is 0 Å². The smallest absolute Gasteiger partial charge is 0.307 e. The van der Waals surface area contributed by atoms with Crippen LogP contribution in [-0.4, -0.2) is 28.9 Å². The lowest BCUT2D eigenvalue weighted by Crippen LogP contribution is -2.23. The number of carbonyl (C=O) groups excluding carboxylic acids is 2. The van der Waals surface area contributed by atoms with Gasteiger partial charge < -0.3 is 21.3 Å². The molecule has 19 heteroatoms. The average Bonchev–Trinajstić information content (AvgIpc) is 3.23. The second-order valence-corrected chi connectivity index (χ2v) is 16.0. The number of hydrogen-bond acceptors (Lipinski definition) is 8. The highest BCUT2D eigenvalue weighted by atomic mass is 32.2. The van der Waals surface area contributed by atoms with Crippen LogP contribution in [0.2, 0.25) is 0 Å². The number of halogens is 3. The molecule has 14 nitrogen and oxygen atoms in total. The molecule has 0 aliphatic heterocycles. The number of benzene rings is 6. The van der Waals surface area contributed by atoms with Crippen LogP contribution >= 0.6 is 0 Å². The lowest BCUT2D eigenvalue weighted by molar-refractivity contribution is -0.136. The van der Waals surface area contributed by atoms with Gasteiger partial charge in [0, 0.05) is 5.69 Å². The molecule has 6 aromatic rings. The number of hydrogen-bond donors (Lipinski definition) is 6. The Morgan fingerprint density at radius 1 is 0.492 bits per heavy atom. The minimum Gasteiger partial charge on any atom is -0.307 e. The first-order chi connectivity index (χ1) is 29.0. The molecule has 4 amide bonds. The largest absolute Gasteiger partial charge is 0.418 e. The van der Waals surface area contributed by atoms with Crippen LogP contribution in [0.4, 0.5) is 56.9 Å². The Labute approximate surface area is 348 Å². The van der Waals surface area contributed by atoms with Gasteiger partial charge in [0.15, 0.2) is 0 Å². The van der Waals surface area contributed by atoms with Gasteiger partial charge in [0.2, 0.25) is 0 Å². The molecule has 0 aliphatic rings. The molecule has 0 fully saturated rings. The molecule has 0 atom stereocenters. The molecule has 0 spiro atoms. The Morgan fingerprint density at radius 3 is 1.30 bits per heavy atom. The summed E-state index contributed by atoms with van der Waals surface area (Å²) >= 11 is 0. The molecule has 0 unspecified atom stereocenters. The van der Waals surface area contributed by atoms with E-state index in [1.807, 2.05) is 31.2 Å². The number of rotatable bonds is 10. The summed E-state index contributed by atoms with van der Waals surface area (Å²) in [7, 11) is -7.95. The van der Waals surface area contributed by atoms with Gasteiger partial charge in [-0.25, -0.2) is 26.4 Å². The Kier molecular flexibility index (Phi) is 14.0. The molecule has 61 heavy (non-hydrogen) atoms. The summed E-state index contributed by atoms with van der Waals surface area (Å²) in [5, 5.41) is 28.0. The zero-order valence-electron chi connectivity index (χ0n) is 31.7. The molecule has 6 aromatic carbocycles. The van der Waals surface area contributed by atoms with Gasteiger partial charge in [0.25, 0.3) is 20.0 Å². The average molecular weight is 867 g/mol. The second kappa shape index (κ2) is 19.3. The van der Waals surface area contributed by atoms with E-state index in [0.29, 0.717) is 5.69 Å². The Morgan fingerprint density at radius 2 is 0.869 bits per heavy atom. The summed E-state index contributed by atoms with van der Waals surface area (Å²) in [6, 6.07) is 37.2. The van der Waals surface area contributed by atoms with Crippen molar-refractivity contribution in [2.24, 2.45) is 0 Å². The van der Waals surface area contributed by atoms with Gasteiger partial charge in [-0.05, 0) is 91.3 Å². The lowest BCUT2D eigenvalue weighted by Gasteiger charge is -2.16. The summed E-state index contributed by atoms with van der Waals surface area (Å²) in [6.07, 6.45) is -4.69. The normalized spacial score (nSPS) is 11.0. The highest BCUT2D eigenvalue weighted by molar-refractivity contribution is 7.93. The van der Waals surface area contributed by atoms with E-state index in [2.05, 4.69) is 30.7 Å². The number of sulfonamides is 2. The molecular formula is C42H33F3N8O6S2. The van der Waals surface area contributed by atoms with E-state index in [1.54, 1.807) is 36.4 Å². The molecule has 0 heterocycles. The minimum absolute atomic E-state index is 0.0585. The molecule has 0 saturated carbocycles. The van der Waals surface area contributed by atoms with Crippen molar-refractivity contribution < 1.29 is 39.6 Å². The van der Waals surface area contributed by atoms with Gasteiger partial charge in [-0.15, -0.1) is 0 Å². The van der Waals surface area contributed by atoms with Crippen molar-refractivity contribution in [2.75, 3.05) is 30.7 Å². The van der Waals surface area contributed by atoms with Gasteiger partial charge >= 0.3 is 18.2 Å². The van der Waals surface area contributed by atoms with Gasteiger partial charge in [0.1, 0.15) is 0 Å². The van der Waals surface area contributed by atoms with Crippen molar-refractivity contribution in [1.29, 1.82) is 10.5 Å². The van der Waals surface area contributed by atoms with Crippen molar-refractivity contribution in [3.63, 3.8) is 0 Å². The molecule has 6 rings (SSSR count). The predicted molar refractivity (Wildman–Crippen MR) is 225 cm³/mol. The lowest BCUT2D eigenvalue weighted by atomic mass is 10.1. The SMILES string of the molecule is Cc1ccccc1NC(=O)Nc1ccc(C#N)cc1NS(=O)(=O)c1ccccc1.N#Cc1ccc(NC(=O)Nc2ccccc2C(F)(F)F)c(NS(=O)(=O)c2ccccc2)c1. The quantitative estimate of drug-likeness (QED) is 0.0777. The van der Waals surface area contributed by atoms with Crippen molar-refractivity contribution in [3.05, 3.63) is 168 Å². The Hall–Kier alpha value is -7.87. The first-order valence-corrected chi connectivity index (χ1v) is 20.6. The fraction of sp³-hybridized carbons (Fsp3) is 0.0476. The maximum atomic E-state index is 13.1. The molecule has 0 bridgehead atoms. The molecule has 310 valence electrons. The zero-order chi connectivity index (χ0) is 44.2. The van der Waals surface area contributed by atoms with Crippen molar-refractivity contribution in [3.8, 4) is 12.1 Å². The number of amides is 4. The summed E-state index contributed by atoms with van der Waals surface area (Å²) in [5.74, 6) is 0. The van der Waals surface area contributed by atoms with E-state index in [-0.39, 0.29) is 43.7 Å². The molecule has 6 N–H and O–H groups in total. The fourth-order valence-electron chi connectivity index (χ4n) is 5.33. The molecule has 0 saturated heterocycles. The molecular weight excluding hydrogens is 834 g/mol. The number of nitriles is 2. The van der Waals surface area contributed by atoms with E-state index < -0.39 is 49.5 Å². The fourth-order valence-corrected chi connectivity index (χ4v) is 7.51. The molecule has 0 aliphatic carbocycles. The van der Waals surface area contributed by atoms with Gasteiger partial charge in [-0.1, -0.05) is 66.7 Å². The topological polar surface area (TPSA) is 222 Å². The molecule has 0 aromatic heterocycles. The van der Waals surface area contributed by atoms with Crippen LogP contribution in [0.25, 0.3) is 0 Å². The number of nitrogens with zero attached hydrogens (tertiary/aromatic N) is 2. The van der Waals surface area contributed by atoms with E-state index in [9.17, 15) is 39.6 Å². The summed E-state index contributed by atoms with van der Waals surface area (Å²) < 4.78 is 94.7. The summed E-state index contributed by atoms with van der Waals surface area (Å²) in [6.45, 7) is 1.86. The Balaban J connectivity index is 0.000000232. The maximum absolute atomic E-state index is 13.1. The van der Waals surface area contributed by atoms with E-state index in [0.717, 1.165) is 17.7 Å². The first-order valence-electron chi connectivity index (χ1n) is 17.6. The third-order valence-corrected chi connectivity index (χ3v) is 11.0. The van der Waals surface area contributed by atoms with E-state index in [4.69, 9.17) is 10.5 Å². The van der Waals surface area contributed by atoms with Crippen LogP contribution in [0, 0.1) is 29.6 Å². The minimum atomic E-state index is -4.69. The van der Waals surface area contributed by atoms with Crippen molar-refractivity contribution >= 4 is 66.2 Å². The number of alkyl halides is 3. The van der Waals surface area contributed by atoms with Crippen LogP contribution < -0.4 is 30.7 Å². The number of nitrogens with one attached hydrogen (secondary N) is 6. The number of carbonyl (C=O) groups is 2. The predicted octanol–water partition coefficient (Wildman–Crippen LogP) is 9.33. The van der Waals surface area contributed by atoms with Gasteiger partial charge in [-0.2, -0.15) is 23.7 Å². The number of urea groups is 2. The Bertz CT molecular complexity index is 2870. The highest BCUT2D eigenvalue weighted by Crippen LogP contribution is 2.35. The van der Waals surface area contributed by atoms with Crippen LogP contribution in [-0.2, 0) is 26.2 Å². The first kappa shape index (κ1) is 44.2. The monoisotopic (exact) mass is 866 g/mol. The van der Waals surface area contributed by atoms with Crippen LogP contribution in [0.15, 0.2) is 155 Å². The number of anilines is 6. The van der Waals surface area contributed by atoms with Gasteiger partial charge in [-0.3, -0.25) is 9.44 Å². The van der Waals surface area contributed by atoms with E-state index >= 15 is 0 Å². The van der Waals surface area contributed by atoms with Crippen molar-refractivity contribution in [1.82, 2.24) is 0 Å². The third kappa shape index (κ3) is 12.1. The third-order valence-electron chi connectivity index (χ3n) is 8.26. The van der Waals surface area contributed by atoms with E-state index in [1.165, 1.54) is 84.9 Å². The van der Waals surface area contributed by atoms with Crippen molar-refractivity contribution in [2.45, 2.75) is 22.9 Å². The number of aryl methyl sites for hydroxylation is 1. The number of para-hydroxylation sites is 2. The second-order valence-electron chi connectivity index (χ2n) is 12.6. The van der Waals surface area contributed by atoms with Crippen LogP contribution in [0.3, 0.4) is 0 Å². The van der Waals surface area contributed by atoms with Crippen LogP contribution in [0.1, 0.15) is 22.3 Å². The standard InChI is InChI=1S/C21H15F3N4O3S.C21H18N4O3S/c22-21(23,24)16-8-4-5-9-17(16)26-20(29)27-18-11-10-14(13-25)12-19(18)28-32(30,31)15-6-2-1-3-7-15;1-15-7-5-6-10-18(15)23-21(26)24-19-12-11-16(14-22)13-20(19)25-29(27,28)17-8-3-2-4-9-17/h1-12,28H,(H2,26,27,29);2-13,25H,1H3,(H2,23,24,26). The summed E-state index contributed by atoms with van der Waals surface area (Å²) in [5.41, 5.74) is 0.458. The zero-order valence-corrected chi connectivity index (χ0v) is 33.3. The molecule has 0 radical (unpaired) electrons. The van der Waals surface area contributed by atoms with Gasteiger partial charge in [0.05, 0.1) is 67.1 Å². The summed E-state index contributed by atoms with van der Waals surface area (Å²) in [4.78, 5) is 24.8. The highest BCUT2D eigenvalue weighted by Gasteiger charge is 2.33.